The molecule has 0 aliphatic carbocycles. The van der Waals surface area contributed by atoms with E-state index in [4.69, 9.17) is 4.74 Å². The predicted molar refractivity (Wildman–Crippen MR) is 92.8 cm³/mol. The quantitative estimate of drug-likeness (QED) is 0.718. The van der Waals surface area contributed by atoms with E-state index >= 15 is 0 Å². The molecule has 0 aliphatic rings. The molecule has 0 heterocycles. The Morgan fingerprint density at radius 1 is 0.960 bits per heavy atom. The van der Waals surface area contributed by atoms with E-state index < -0.39 is 18.0 Å². The van der Waals surface area contributed by atoms with E-state index in [0.717, 1.165) is 11.1 Å². The molecule has 1 atom stereocenters. The van der Waals surface area contributed by atoms with Crippen LogP contribution in [0.2, 0.25) is 0 Å². The lowest BCUT2D eigenvalue weighted by Crippen LogP contribution is -2.48. The number of alkyl carbamates (subject to hydrolysis) is 1. The molecule has 2 N–H and O–H groups in total. The van der Waals surface area contributed by atoms with Gasteiger partial charge in [0.05, 0.1) is 6.54 Å². The summed E-state index contributed by atoms with van der Waals surface area (Å²) < 4.78 is 5.15. The van der Waals surface area contributed by atoms with Crippen LogP contribution in [-0.4, -0.2) is 30.9 Å². The molecule has 0 fully saturated rings. The second kappa shape index (κ2) is 9.87. The molecule has 0 unspecified atom stereocenters. The van der Waals surface area contributed by atoms with Crippen LogP contribution in [0.15, 0.2) is 60.7 Å². The first-order valence-corrected chi connectivity index (χ1v) is 7.91. The van der Waals surface area contributed by atoms with E-state index in [1.165, 1.54) is 0 Å². The van der Waals surface area contributed by atoms with Gasteiger partial charge in [-0.2, -0.15) is 0 Å². The molecule has 130 valence electrons. The Morgan fingerprint density at radius 2 is 1.56 bits per heavy atom. The topological polar surface area (TPSA) is 84.5 Å². The van der Waals surface area contributed by atoms with Gasteiger partial charge in [0.2, 0.25) is 5.91 Å². The second-order valence-corrected chi connectivity index (χ2v) is 5.36. The predicted octanol–water partition coefficient (Wildman–Crippen LogP) is 1.84. The zero-order valence-electron chi connectivity index (χ0n) is 13.7. The monoisotopic (exact) mass is 340 g/mol. The third-order valence-electron chi connectivity index (χ3n) is 3.46. The third kappa shape index (κ3) is 6.47. The van der Waals surface area contributed by atoms with Crippen LogP contribution in [0.3, 0.4) is 0 Å². The summed E-state index contributed by atoms with van der Waals surface area (Å²) in [5.41, 5.74) is 1.74. The van der Waals surface area contributed by atoms with Crippen LogP contribution in [0.25, 0.3) is 0 Å². The summed E-state index contributed by atoms with van der Waals surface area (Å²) in [6.07, 6.45) is 0.197. The smallest absolute Gasteiger partial charge is 0.408 e. The molecule has 0 saturated heterocycles. The summed E-state index contributed by atoms with van der Waals surface area (Å²) in [6, 6.07) is 17.7. The lowest BCUT2D eigenvalue weighted by atomic mass is 10.1. The number of aldehydes is 1. The van der Waals surface area contributed by atoms with Gasteiger partial charge in [-0.1, -0.05) is 60.7 Å². The molecule has 6 nitrogen and oxygen atoms in total. The van der Waals surface area contributed by atoms with Crippen molar-refractivity contribution in [3.05, 3.63) is 71.8 Å². The number of hydrogen-bond acceptors (Lipinski definition) is 4. The molecule has 0 saturated carbocycles. The molecule has 2 rings (SSSR count). The summed E-state index contributed by atoms with van der Waals surface area (Å²) in [5.74, 6) is -0.437. The Labute approximate surface area is 146 Å². The minimum absolute atomic E-state index is 0.106. The Hall–Kier alpha value is -3.15. The molecule has 0 spiro atoms. The van der Waals surface area contributed by atoms with Crippen molar-refractivity contribution in [2.45, 2.75) is 19.1 Å². The fourth-order valence-corrected chi connectivity index (χ4v) is 2.23. The number of amides is 2. The molecule has 2 aromatic rings. The van der Waals surface area contributed by atoms with Gasteiger partial charge in [0.1, 0.15) is 18.9 Å². The first kappa shape index (κ1) is 18.2. The molecule has 25 heavy (non-hydrogen) atoms. The molecule has 6 heteroatoms. The van der Waals surface area contributed by atoms with Gasteiger partial charge < -0.3 is 20.2 Å². The SMILES string of the molecule is O=CCNC(=O)[C@H](Cc1ccccc1)NC(=O)OCc1ccccc1. The van der Waals surface area contributed by atoms with Crippen molar-refractivity contribution >= 4 is 18.3 Å². The van der Waals surface area contributed by atoms with Gasteiger partial charge in [-0.25, -0.2) is 4.79 Å². The van der Waals surface area contributed by atoms with E-state index in [9.17, 15) is 14.4 Å². The van der Waals surface area contributed by atoms with Crippen LogP contribution in [-0.2, 0) is 27.4 Å². The van der Waals surface area contributed by atoms with E-state index in [1.54, 1.807) is 0 Å². The number of rotatable bonds is 8. The molecule has 0 radical (unpaired) electrons. The molecule has 0 aromatic heterocycles. The van der Waals surface area contributed by atoms with Gasteiger partial charge in [0, 0.05) is 6.42 Å². The fraction of sp³-hybridized carbons (Fsp3) is 0.211. The zero-order chi connectivity index (χ0) is 17.9. The first-order chi connectivity index (χ1) is 12.2. The number of benzene rings is 2. The van der Waals surface area contributed by atoms with Crippen LogP contribution >= 0.6 is 0 Å². The van der Waals surface area contributed by atoms with Crippen molar-refractivity contribution in [3.63, 3.8) is 0 Å². The van der Waals surface area contributed by atoms with Crippen LogP contribution in [0.4, 0.5) is 4.79 Å². The number of ether oxygens (including phenoxy) is 1. The van der Waals surface area contributed by atoms with Gasteiger partial charge in [-0.3, -0.25) is 4.79 Å². The van der Waals surface area contributed by atoms with Gasteiger partial charge in [0.25, 0.3) is 0 Å². The summed E-state index contributed by atoms with van der Waals surface area (Å²) in [4.78, 5) is 34.6. The van der Waals surface area contributed by atoms with Crippen LogP contribution in [0, 0.1) is 0 Å². The van der Waals surface area contributed by atoms with Gasteiger partial charge in [-0.15, -0.1) is 0 Å². The molecular weight excluding hydrogens is 320 g/mol. The van der Waals surface area contributed by atoms with E-state index in [-0.39, 0.29) is 13.2 Å². The van der Waals surface area contributed by atoms with Crippen molar-refractivity contribution < 1.29 is 19.1 Å². The highest BCUT2D eigenvalue weighted by molar-refractivity contribution is 5.87. The standard InChI is InChI=1S/C19H20N2O4/c22-12-11-20-18(23)17(13-15-7-3-1-4-8-15)21-19(24)25-14-16-9-5-2-6-10-16/h1-10,12,17H,11,13-14H2,(H,20,23)(H,21,24)/t17-/m0/s1. The first-order valence-electron chi connectivity index (χ1n) is 7.91. The highest BCUT2D eigenvalue weighted by atomic mass is 16.5. The van der Waals surface area contributed by atoms with Crippen molar-refractivity contribution in [1.82, 2.24) is 10.6 Å². The van der Waals surface area contributed by atoms with Crippen LogP contribution in [0.1, 0.15) is 11.1 Å². The third-order valence-corrected chi connectivity index (χ3v) is 3.46. The number of carbonyl (C=O) groups is 3. The number of nitrogens with one attached hydrogen (secondary N) is 2. The van der Waals surface area contributed by atoms with Gasteiger partial charge in [-0.05, 0) is 11.1 Å². The van der Waals surface area contributed by atoms with Gasteiger partial charge >= 0.3 is 6.09 Å². The lowest BCUT2D eigenvalue weighted by Gasteiger charge is -2.18. The normalized spacial score (nSPS) is 11.2. The van der Waals surface area contributed by atoms with E-state index in [1.807, 2.05) is 60.7 Å². The highest BCUT2D eigenvalue weighted by Crippen LogP contribution is 2.05. The molecule has 0 bridgehead atoms. The largest absolute Gasteiger partial charge is 0.445 e. The number of carbonyl (C=O) groups excluding carboxylic acids is 3. The summed E-state index contributed by atoms with van der Waals surface area (Å²) in [5, 5.41) is 5.01. The highest BCUT2D eigenvalue weighted by Gasteiger charge is 2.21. The Morgan fingerprint density at radius 3 is 2.16 bits per heavy atom. The minimum atomic E-state index is -0.828. The maximum atomic E-state index is 12.2. The fourth-order valence-electron chi connectivity index (χ4n) is 2.23. The van der Waals surface area contributed by atoms with E-state index in [2.05, 4.69) is 10.6 Å². The maximum Gasteiger partial charge on any atom is 0.408 e. The Balaban J connectivity index is 1.95. The summed E-state index contributed by atoms with van der Waals surface area (Å²) in [7, 11) is 0. The molecule has 2 aromatic carbocycles. The van der Waals surface area contributed by atoms with E-state index in [0.29, 0.717) is 12.7 Å². The Bertz CT molecular complexity index is 689. The van der Waals surface area contributed by atoms with Crippen molar-refractivity contribution in [1.29, 1.82) is 0 Å². The molecule has 2 amide bonds. The van der Waals surface area contributed by atoms with Crippen LogP contribution in [0.5, 0.6) is 0 Å². The Kier molecular flexibility index (Phi) is 7.18. The maximum absolute atomic E-state index is 12.2. The molecular formula is C19H20N2O4. The van der Waals surface area contributed by atoms with Crippen LogP contribution < -0.4 is 10.6 Å². The lowest BCUT2D eigenvalue weighted by molar-refractivity contribution is -0.124. The van der Waals surface area contributed by atoms with Crippen molar-refractivity contribution in [3.8, 4) is 0 Å². The number of hydrogen-bond donors (Lipinski definition) is 2. The summed E-state index contributed by atoms with van der Waals surface area (Å²) in [6.45, 7) is 0.00551. The van der Waals surface area contributed by atoms with Gasteiger partial charge in [0.15, 0.2) is 0 Å². The molecule has 0 aliphatic heterocycles. The average molecular weight is 340 g/mol. The average Bonchev–Trinajstić information content (AvgIpc) is 2.65. The van der Waals surface area contributed by atoms with Crippen molar-refractivity contribution in [2.75, 3.05) is 6.54 Å². The van der Waals surface area contributed by atoms with Crippen molar-refractivity contribution in [2.24, 2.45) is 0 Å². The zero-order valence-corrected chi connectivity index (χ0v) is 13.7. The second-order valence-electron chi connectivity index (χ2n) is 5.36. The summed E-state index contributed by atoms with van der Waals surface area (Å²) >= 11 is 0. The minimum Gasteiger partial charge on any atom is -0.445 e.